The largest absolute Gasteiger partial charge is 0.573 e. The Morgan fingerprint density at radius 2 is 1.84 bits per heavy atom. The van der Waals surface area contributed by atoms with Crippen molar-refractivity contribution in [2.24, 2.45) is 10.9 Å². The number of carbonyl (C=O) groups is 1. The minimum atomic E-state index is -4.80. The molecule has 0 aliphatic carbocycles. The van der Waals surface area contributed by atoms with Gasteiger partial charge in [0.15, 0.2) is 5.84 Å². The number of nitrogens with one attached hydrogen (secondary N) is 1. The SMILES string of the molecule is CSc1nn(-c2ccccc2)cc1C(N)=NOC(=O)Nc1ccc(OC(F)(F)F)cc1. The topological polar surface area (TPSA) is 104 Å². The van der Waals surface area contributed by atoms with Crippen molar-refractivity contribution in [3.63, 3.8) is 0 Å². The summed E-state index contributed by atoms with van der Waals surface area (Å²) in [7, 11) is 0. The maximum absolute atomic E-state index is 12.2. The Kier molecular flexibility index (Phi) is 6.70. The van der Waals surface area contributed by atoms with Gasteiger partial charge in [0.25, 0.3) is 0 Å². The molecule has 1 amide bonds. The van der Waals surface area contributed by atoms with E-state index in [4.69, 9.17) is 10.6 Å². The third-order valence-electron chi connectivity index (χ3n) is 3.73. The van der Waals surface area contributed by atoms with Gasteiger partial charge in [-0.3, -0.25) is 10.2 Å². The molecule has 1 aromatic heterocycles. The summed E-state index contributed by atoms with van der Waals surface area (Å²) in [5.74, 6) is -0.496. The van der Waals surface area contributed by atoms with Crippen LogP contribution in [0.4, 0.5) is 23.7 Å². The Morgan fingerprint density at radius 1 is 1.16 bits per heavy atom. The fraction of sp³-hybridized carbons (Fsp3) is 0.105. The highest BCUT2D eigenvalue weighted by Crippen LogP contribution is 2.24. The minimum Gasteiger partial charge on any atom is -0.406 e. The van der Waals surface area contributed by atoms with Crippen molar-refractivity contribution >= 4 is 29.4 Å². The monoisotopic (exact) mass is 451 g/mol. The molecule has 1 heterocycles. The summed E-state index contributed by atoms with van der Waals surface area (Å²) in [6.07, 6.45) is -2.31. The third-order valence-corrected chi connectivity index (χ3v) is 4.42. The highest BCUT2D eigenvalue weighted by Gasteiger charge is 2.31. The lowest BCUT2D eigenvalue weighted by atomic mass is 10.3. The number of carbonyl (C=O) groups excluding carboxylic acids is 1. The van der Waals surface area contributed by atoms with Crippen LogP contribution in [0.5, 0.6) is 5.75 Å². The summed E-state index contributed by atoms with van der Waals surface area (Å²) >= 11 is 1.34. The Labute approximate surface area is 178 Å². The van der Waals surface area contributed by atoms with E-state index in [0.717, 1.165) is 17.8 Å². The average molecular weight is 451 g/mol. The molecule has 0 spiro atoms. The zero-order chi connectivity index (χ0) is 22.4. The molecule has 0 aliphatic heterocycles. The molecular weight excluding hydrogens is 435 g/mol. The maximum Gasteiger partial charge on any atom is 0.573 e. The van der Waals surface area contributed by atoms with Gasteiger partial charge in [-0.1, -0.05) is 23.4 Å². The van der Waals surface area contributed by atoms with Crippen molar-refractivity contribution in [3.8, 4) is 11.4 Å². The summed E-state index contributed by atoms with van der Waals surface area (Å²) in [4.78, 5) is 16.7. The number of aromatic nitrogens is 2. The zero-order valence-corrected chi connectivity index (χ0v) is 16.8. The number of amidine groups is 1. The smallest absolute Gasteiger partial charge is 0.406 e. The lowest BCUT2D eigenvalue weighted by Gasteiger charge is -2.09. The lowest BCUT2D eigenvalue weighted by Crippen LogP contribution is -2.18. The molecule has 3 rings (SSSR count). The van der Waals surface area contributed by atoms with Gasteiger partial charge in [0.1, 0.15) is 10.8 Å². The van der Waals surface area contributed by atoms with E-state index in [2.05, 4.69) is 20.3 Å². The first-order chi connectivity index (χ1) is 14.7. The Hall–Kier alpha value is -3.67. The van der Waals surface area contributed by atoms with Crippen LogP contribution in [0.2, 0.25) is 0 Å². The number of alkyl halides is 3. The predicted molar refractivity (Wildman–Crippen MR) is 109 cm³/mol. The average Bonchev–Trinajstić information content (AvgIpc) is 3.18. The van der Waals surface area contributed by atoms with Crippen LogP contribution >= 0.6 is 11.8 Å². The van der Waals surface area contributed by atoms with Gasteiger partial charge >= 0.3 is 12.5 Å². The van der Waals surface area contributed by atoms with E-state index in [9.17, 15) is 18.0 Å². The number of nitrogens with two attached hydrogens (primary N) is 1. The van der Waals surface area contributed by atoms with E-state index < -0.39 is 18.2 Å². The molecule has 0 radical (unpaired) electrons. The minimum absolute atomic E-state index is 0.0735. The second-order valence-corrected chi connectivity index (χ2v) is 6.68. The molecule has 31 heavy (non-hydrogen) atoms. The number of halogens is 3. The number of hydrogen-bond donors (Lipinski definition) is 2. The molecule has 3 N–H and O–H groups in total. The van der Waals surface area contributed by atoms with E-state index in [0.29, 0.717) is 10.6 Å². The molecule has 162 valence electrons. The van der Waals surface area contributed by atoms with Gasteiger partial charge in [-0.2, -0.15) is 5.10 Å². The molecule has 12 heteroatoms. The zero-order valence-electron chi connectivity index (χ0n) is 16.0. The van der Waals surface area contributed by atoms with Crippen LogP contribution in [-0.2, 0) is 4.84 Å². The van der Waals surface area contributed by atoms with Gasteiger partial charge in [0.05, 0.1) is 11.3 Å². The number of ether oxygens (including phenoxy) is 1. The van der Waals surface area contributed by atoms with Gasteiger partial charge in [-0.15, -0.1) is 24.9 Å². The number of hydrogen-bond acceptors (Lipinski definition) is 6. The van der Waals surface area contributed by atoms with Gasteiger partial charge in [0.2, 0.25) is 0 Å². The molecule has 0 saturated carbocycles. The first-order valence-corrected chi connectivity index (χ1v) is 9.84. The fourth-order valence-electron chi connectivity index (χ4n) is 2.42. The van der Waals surface area contributed by atoms with Crippen molar-refractivity contribution < 1.29 is 27.5 Å². The van der Waals surface area contributed by atoms with Gasteiger partial charge in [-0.25, -0.2) is 9.48 Å². The van der Waals surface area contributed by atoms with Gasteiger partial charge in [-0.05, 0) is 42.7 Å². The van der Waals surface area contributed by atoms with Crippen LogP contribution in [0.1, 0.15) is 5.56 Å². The van der Waals surface area contributed by atoms with Crippen LogP contribution in [-0.4, -0.2) is 34.3 Å². The van der Waals surface area contributed by atoms with Gasteiger partial charge < -0.3 is 10.5 Å². The Balaban J connectivity index is 1.65. The van der Waals surface area contributed by atoms with E-state index >= 15 is 0 Å². The number of rotatable bonds is 6. The van der Waals surface area contributed by atoms with Crippen molar-refractivity contribution in [1.82, 2.24) is 9.78 Å². The van der Waals surface area contributed by atoms with Crippen LogP contribution in [0, 0.1) is 0 Å². The summed E-state index contributed by atoms with van der Waals surface area (Å²) in [6, 6.07) is 13.8. The lowest BCUT2D eigenvalue weighted by molar-refractivity contribution is -0.274. The maximum atomic E-state index is 12.2. The number of oxime groups is 1. The second-order valence-electron chi connectivity index (χ2n) is 5.88. The summed E-state index contributed by atoms with van der Waals surface area (Å²) in [5.41, 5.74) is 7.40. The molecule has 8 nitrogen and oxygen atoms in total. The molecular formula is C19H16F3N5O3S. The number of thioether (sulfide) groups is 1. The quantitative estimate of drug-likeness (QED) is 0.190. The summed E-state index contributed by atoms with van der Waals surface area (Å²) in [5, 5.41) is 10.9. The van der Waals surface area contributed by atoms with Gasteiger partial charge in [0, 0.05) is 11.9 Å². The Bertz CT molecular complexity index is 1070. The molecule has 0 aliphatic rings. The molecule has 0 saturated heterocycles. The molecule has 0 atom stereocenters. The normalized spacial score (nSPS) is 11.8. The molecule has 0 fully saturated rings. The van der Waals surface area contributed by atoms with E-state index in [-0.39, 0.29) is 11.5 Å². The van der Waals surface area contributed by atoms with E-state index in [1.165, 1.54) is 23.9 Å². The number of nitrogens with zero attached hydrogens (tertiary/aromatic N) is 3. The van der Waals surface area contributed by atoms with E-state index in [1.54, 1.807) is 10.9 Å². The molecule has 0 unspecified atom stereocenters. The first-order valence-electron chi connectivity index (χ1n) is 8.62. The number of anilines is 1. The van der Waals surface area contributed by atoms with Crippen molar-refractivity contribution in [2.45, 2.75) is 11.4 Å². The van der Waals surface area contributed by atoms with Crippen LogP contribution in [0.25, 0.3) is 5.69 Å². The molecule has 3 aromatic rings. The standard InChI is InChI=1S/C19H16F3N5O3S/c1-31-17-15(11-27(25-17)13-5-3-2-4-6-13)16(23)26-30-18(28)24-12-7-9-14(10-8-12)29-19(20,21)22/h2-11H,1H3,(H2,23,26)(H,24,28). The number of benzene rings is 2. The Morgan fingerprint density at radius 3 is 2.45 bits per heavy atom. The summed E-state index contributed by atoms with van der Waals surface area (Å²) in [6.45, 7) is 0. The predicted octanol–water partition coefficient (Wildman–Crippen LogP) is 4.36. The van der Waals surface area contributed by atoms with Crippen molar-refractivity contribution in [3.05, 3.63) is 66.4 Å². The highest BCUT2D eigenvalue weighted by atomic mass is 32.2. The first kappa shape index (κ1) is 22.0. The second kappa shape index (κ2) is 9.43. The molecule has 0 bridgehead atoms. The van der Waals surface area contributed by atoms with Crippen molar-refractivity contribution in [1.29, 1.82) is 0 Å². The number of amides is 1. The summed E-state index contributed by atoms with van der Waals surface area (Å²) < 4.78 is 41.9. The third kappa shape index (κ3) is 6.15. The fourth-order valence-corrected chi connectivity index (χ4v) is 2.96. The highest BCUT2D eigenvalue weighted by molar-refractivity contribution is 7.98. The number of para-hydroxylation sites is 1. The van der Waals surface area contributed by atoms with Crippen molar-refractivity contribution in [2.75, 3.05) is 11.6 Å². The van der Waals surface area contributed by atoms with Crippen LogP contribution in [0.15, 0.2) is 71.0 Å². The molecule has 2 aromatic carbocycles. The van der Waals surface area contributed by atoms with E-state index in [1.807, 2.05) is 36.6 Å². The van der Waals surface area contributed by atoms with Crippen LogP contribution < -0.4 is 15.8 Å². The van der Waals surface area contributed by atoms with Crippen LogP contribution in [0.3, 0.4) is 0 Å².